The first-order chi connectivity index (χ1) is 9.68. The second-order valence-electron chi connectivity index (χ2n) is 6.33. The Morgan fingerprint density at radius 2 is 1.50 bits per heavy atom. The highest BCUT2D eigenvalue weighted by atomic mass is 32.2. The van der Waals surface area contributed by atoms with Gasteiger partial charge in [-0.25, -0.2) is 0 Å². The molecule has 1 saturated carbocycles. The van der Waals surface area contributed by atoms with Gasteiger partial charge < -0.3 is 0 Å². The average molecular weight is 292 g/mol. The minimum absolute atomic E-state index is 0.169. The largest absolute Gasteiger partial charge is 0.293 e. The second kappa shape index (κ2) is 5.44. The van der Waals surface area contributed by atoms with Gasteiger partial charge >= 0.3 is 0 Å². The van der Waals surface area contributed by atoms with Crippen molar-refractivity contribution in [3.05, 3.63) is 35.9 Å². The monoisotopic (exact) mass is 292 g/mol. The Morgan fingerprint density at radius 3 is 2.10 bits per heavy atom. The maximum Gasteiger partial charge on any atom is 0.179 e. The quantitative estimate of drug-likeness (QED) is 0.684. The van der Waals surface area contributed by atoms with Crippen molar-refractivity contribution in [2.45, 2.75) is 49.7 Å². The molecule has 1 aliphatic carbocycles. The van der Waals surface area contributed by atoms with Crippen molar-refractivity contribution >= 4 is 15.7 Å². The molecule has 0 radical (unpaired) electrons. The summed E-state index contributed by atoms with van der Waals surface area (Å²) in [4.78, 5) is 13.1. The summed E-state index contributed by atoms with van der Waals surface area (Å²) < 4.78 is 13.0. The number of benzene rings is 1. The predicted octanol–water partition coefficient (Wildman–Crippen LogP) is 3.38. The Hall–Kier alpha value is -0.960. The van der Waals surface area contributed by atoms with Crippen LogP contribution in [-0.2, 0) is 9.93 Å². The third kappa shape index (κ3) is 2.16. The van der Waals surface area contributed by atoms with Gasteiger partial charge in [-0.3, -0.25) is 9.00 Å². The van der Waals surface area contributed by atoms with E-state index in [0.717, 1.165) is 55.6 Å². The van der Waals surface area contributed by atoms with Crippen molar-refractivity contribution < 1.29 is 9.00 Å². The van der Waals surface area contributed by atoms with Crippen LogP contribution in [0.1, 0.15) is 55.3 Å². The molecule has 20 heavy (non-hydrogen) atoms. The summed E-state index contributed by atoms with van der Waals surface area (Å²) in [5, 5.41) is 0. The molecule has 0 amide bonds. The molecule has 0 bridgehead atoms. The average Bonchev–Trinajstić information content (AvgIpc) is 2.96. The lowest BCUT2D eigenvalue weighted by molar-refractivity contribution is 0.0913. The number of hydrogen-bond donors (Lipinski definition) is 1. The summed E-state index contributed by atoms with van der Waals surface area (Å²) in [5.74, 6) is 1.76. The first-order valence-electron chi connectivity index (χ1n) is 7.86. The number of ketones is 1. The number of Topliss-reactive ketones (excluding diaryl/α,β-unsaturated/α-hetero) is 1. The summed E-state index contributed by atoms with van der Waals surface area (Å²) in [6.45, 7) is 0. The van der Waals surface area contributed by atoms with Gasteiger partial charge in [0.2, 0.25) is 0 Å². The van der Waals surface area contributed by atoms with E-state index in [1.54, 1.807) is 0 Å². The lowest BCUT2D eigenvalue weighted by Crippen LogP contribution is -2.52. The van der Waals surface area contributed by atoms with Gasteiger partial charge in [0.1, 0.15) is 0 Å². The van der Waals surface area contributed by atoms with E-state index in [-0.39, 0.29) is 5.78 Å². The van der Waals surface area contributed by atoms with E-state index in [1.807, 2.05) is 30.3 Å². The lowest BCUT2D eigenvalue weighted by Gasteiger charge is -2.44. The molecule has 1 heterocycles. The maximum absolute atomic E-state index is 13.5. The molecule has 0 atom stereocenters. The molecule has 0 aromatic heterocycles. The van der Waals surface area contributed by atoms with Crippen LogP contribution in [0.25, 0.3) is 0 Å². The Labute approximate surface area is 122 Å². The van der Waals surface area contributed by atoms with Crippen molar-refractivity contribution in [2.75, 3.05) is 11.5 Å². The molecule has 2 nitrogen and oxygen atoms in total. The van der Waals surface area contributed by atoms with Gasteiger partial charge in [0.05, 0.1) is 4.75 Å². The number of hydrogen-bond acceptors (Lipinski definition) is 2. The molecule has 2 aliphatic rings. The van der Waals surface area contributed by atoms with Gasteiger partial charge in [-0.05, 0) is 25.7 Å². The van der Waals surface area contributed by atoms with Crippen molar-refractivity contribution in [1.29, 1.82) is 0 Å². The third-order valence-electron chi connectivity index (χ3n) is 5.21. The van der Waals surface area contributed by atoms with Gasteiger partial charge in [0, 0.05) is 17.1 Å². The van der Waals surface area contributed by atoms with Crippen molar-refractivity contribution in [3.8, 4) is 0 Å². The maximum atomic E-state index is 13.5. The fraction of sp³-hybridized carbons (Fsp3) is 0.588. The van der Waals surface area contributed by atoms with Crippen LogP contribution in [0.2, 0.25) is 0 Å². The number of carbonyl (C=O) groups is 1. The van der Waals surface area contributed by atoms with Crippen LogP contribution in [0, 0.1) is 0 Å². The summed E-state index contributed by atoms with van der Waals surface area (Å²) in [7, 11) is -2.35. The molecule has 0 N–H and O–H groups in total. The van der Waals surface area contributed by atoms with Crippen molar-refractivity contribution in [1.82, 2.24) is 0 Å². The van der Waals surface area contributed by atoms with E-state index in [9.17, 15) is 9.00 Å². The molecule has 1 aliphatic heterocycles. The van der Waals surface area contributed by atoms with Gasteiger partial charge in [0.15, 0.2) is 5.78 Å². The van der Waals surface area contributed by atoms with E-state index in [1.165, 1.54) is 6.42 Å². The highest BCUT2D eigenvalue weighted by molar-refractivity contribution is 8.05. The van der Waals surface area contributed by atoms with E-state index in [2.05, 4.69) is 0 Å². The van der Waals surface area contributed by atoms with Crippen LogP contribution in [0.3, 0.4) is 0 Å². The molecule has 2 fully saturated rings. The van der Waals surface area contributed by atoms with E-state index in [4.69, 9.17) is 0 Å². The van der Waals surface area contributed by atoms with Crippen molar-refractivity contribution in [3.63, 3.8) is 0 Å². The third-order valence-corrected chi connectivity index (χ3v) is 9.50. The Kier molecular flexibility index (Phi) is 3.80. The summed E-state index contributed by atoms with van der Waals surface area (Å²) in [5.41, 5.74) is 0.761. The van der Waals surface area contributed by atoms with Crippen LogP contribution >= 0.6 is 0 Å². The summed E-state index contributed by atoms with van der Waals surface area (Å²) in [6, 6.07) is 9.53. The van der Waals surface area contributed by atoms with Gasteiger partial charge in [0.25, 0.3) is 0 Å². The van der Waals surface area contributed by atoms with Gasteiger partial charge in [-0.15, -0.1) is 0 Å². The Morgan fingerprint density at radius 1 is 0.900 bits per heavy atom. The molecule has 1 saturated heterocycles. The standard InChI is InChI=1S/C17H24O2S/c18-16(15-9-3-1-4-10-15)17(11-5-2-6-12-17)20(19)13-7-8-14-20/h1,3-4,9-10,20H,2,5-8,11-14H2. The van der Waals surface area contributed by atoms with Crippen LogP contribution in [-0.4, -0.2) is 26.2 Å². The molecule has 1 aromatic carbocycles. The van der Waals surface area contributed by atoms with Crippen LogP contribution in [0.15, 0.2) is 30.3 Å². The summed E-state index contributed by atoms with van der Waals surface area (Å²) >= 11 is 0. The minimum atomic E-state index is -2.35. The predicted molar refractivity (Wildman–Crippen MR) is 85.1 cm³/mol. The fourth-order valence-corrected chi connectivity index (χ4v) is 8.27. The van der Waals surface area contributed by atoms with Crippen LogP contribution in [0.4, 0.5) is 0 Å². The van der Waals surface area contributed by atoms with E-state index >= 15 is 0 Å². The molecule has 1 aromatic rings. The molecular formula is C17H24O2S. The smallest absolute Gasteiger partial charge is 0.179 e. The topological polar surface area (TPSA) is 34.1 Å². The van der Waals surface area contributed by atoms with Crippen LogP contribution in [0.5, 0.6) is 0 Å². The molecule has 110 valence electrons. The number of carbonyl (C=O) groups excluding carboxylic acids is 1. The van der Waals surface area contributed by atoms with Crippen molar-refractivity contribution in [2.24, 2.45) is 0 Å². The molecule has 0 unspecified atom stereocenters. The highest BCUT2D eigenvalue weighted by Gasteiger charge is 2.50. The minimum Gasteiger partial charge on any atom is -0.293 e. The van der Waals surface area contributed by atoms with E-state index < -0.39 is 14.7 Å². The molecule has 0 spiro atoms. The zero-order valence-corrected chi connectivity index (χ0v) is 12.9. The van der Waals surface area contributed by atoms with Gasteiger partial charge in [-0.1, -0.05) is 59.5 Å². The van der Waals surface area contributed by atoms with E-state index in [0.29, 0.717) is 0 Å². The summed E-state index contributed by atoms with van der Waals surface area (Å²) in [6.07, 6.45) is 7.08. The lowest BCUT2D eigenvalue weighted by atomic mass is 9.83. The first-order valence-corrected chi connectivity index (χ1v) is 9.94. The zero-order valence-electron chi connectivity index (χ0n) is 12.0. The Balaban J connectivity index is 2.02. The molecular weight excluding hydrogens is 268 g/mol. The van der Waals surface area contributed by atoms with Crippen LogP contribution < -0.4 is 0 Å². The molecule has 3 rings (SSSR count). The highest BCUT2D eigenvalue weighted by Crippen LogP contribution is 2.45. The second-order valence-corrected chi connectivity index (χ2v) is 9.86. The zero-order chi connectivity index (χ0) is 14.1. The number of thiol groups is 1. The number of rotatable bonds is 3. The Bertz CT molecular complexity index is 519. The normalized spacial score (nSPS) is 26.0. The first kappa shape index (κ1) is 14.0. The molecule has 3 heteroatoms. The van der Waals surface area contributed by atoms with Gasteiger partial charge in [-0.2, -0.15) is 0 Å². The fourth-order valence-electron chi connectivity index (χ4n) is 4.09. The SMILES string of the molecule is O=C(c1ccccc1)C1([SH]2(=O)CCCC2)CCCCC1.